The highest BCUT2D eigenvalue weighted by Gasteiger charge is 2.29. The number of hydrogen-bond acceptors (Lipinski definition) is 2. The molecule has 2 rings (SSSR count). The molecular formula is C9H11BrNOP. The van der Waals surface area contributed by atoms with Crippen LogP contribution in [0.3, 0.4) is 0 Å². The van der Waals surface area contributed by atoms with Crippen molar-refractivity contribution in [3.63, 3.8) is 0 Å². The minimum Gasteiger partial charge on any atom is -0.317 e. The summed E-state index contributed by atoms with van der Waals surface area (Å²) in [6.07, 6.45) is 5.61. The molecule has 1 aromatic rings. The fourth-order valence-corrected chi connectivity index (χ4v) is 4.68. The summed E-state index contributed by atoms with van der Waals surface area (Å²) >= 11 is 3.32. The van der Waals surface area contributed by atoms with Crippen LogP contribution in [0.2, 0.25) is 0 Å². The van der Waals surface area contributed by atoms with Crippen molar-refractivity contribution in [1.29, 1.82) is 0 Å². The summed E-state index contributed by atoms with van der Waals surface area (Å²) in [4.78, 5) is 4.22. The van der Waals surface area contributed by atoms with Gasteiger partial charge in [-0.15, -0.1) is 0 Å². The maximum absolute atomic E-state index is 12.2. The topological polar surface area (TPSA) is 30.0 Å². The molecule has 0 unspecified atom stereocenters. The Hall–Kier alpha value is -0.140. The normalized spacial score (nSPS) is 20.4. The van der Waals surface area contributed by atoms with Crippen molar-refractivity contribution >= 4 is 28.5 Å². The van der Waals surface area contributed by atoms with E-state index < -0.39 is 7.14 Å². The predicted octanol–water partition coefficient (Wildman–Crippen LogP) is 2.63. The number of hydrogen-bond donors (Lipinski definition) is 0. The first-order valence-electron chi connectivity index (χ1n) is 4.41. The van der Waals surface area contributed by atoms with Gasteiger partial charge >= 0.3 is 0 Å². The van der Waals surface area contributed by atoms with E-state index in [-0.39, 0.29) is 0 Å². The van der Waals surface area contributed by atoms with Gasteiger partial charge in [-0.25, -0.2) is 0 Å². The minimum absolute atomic E-state index is 0.813. The fourth-order valence-electron chi connectivity index (χ4n) is 1.68. The molecule has 0 N–H and O–H groups in total. The van der Waals surface area contributed by atoms with E-state index in [9.17, 15) is 4.57 Å². The van der Waals surface area contributed by atoms with Crippen LogP contribution < -0.4 is 5.44 Å². The molecule has 0 amide bonds. The summed E-state index contributed by atoms with van der Waals surface area (Å²) in [5.74, 6) is 0. The van der Waals surface area contributed by atoms with Gasteiger partial charge in [0.05, 0.1) is 5.44 Å². The third-order valence-corrected chi connectivity index (χ3v) is 6.06. The lowest BCUT2D eigenvalue weighted by Gasteiger charge is -2.09. The van der Waals surface area contributed by atoms with Gasteiger partial charge in [0.1, 0.15) is 7.14 Å². The van der Waals surface area contributed by atoms with Crippen LogP contribution in [0.5, 0.6) is 0 Å². The Morgan fingerprint density at radius 3 is 2.54 bits per heavy atom. The number of rotatable bonds is 1. The average Bonchev–Trinajstić information content (AvgIpc) is 2.54. The van der Waals surface area contributed by atoms with E-state index in [4.69, 9.17) is 0 Å². The van der Waals surface area contributed by atoms with Crippen LogP contribution in [0.4, 0.5) is 0 Å². The second kappa shape index (κ2) is 3.55. The Morgan fingerprint density at radius 2 is 2.00 bits per heavy atom. The number of aromatic nitrogens is 1. The molecule has 0 atom stereocenters. The molecule has 2 nitrogen and oxygen atoms in total. The molecule has 0 spiro atoms. The first-order chi connectivity index (χ1) is 6.21. The zero-order valence-corrected chi connectivity index (χ0v) is 9.72. The molecule has 0 aromatic carbocycles. The van der Waals surface area contributed by atoms with E-state index in [0.717, 1.165) is 35.1 Å². The quantitative estimate of drug-likeness (QED) is 0.726. The van der Waals surface area contributed by atoms with Crippen LogP contribution in [0.15, 0.2) is 22.8 Å². The maximum atomic E-state index is 12.2. The standard InChI is InChI=1S/C9H11BrNOP/c10-8-3-4-9(11-7-8)13(12)5-1-2-6-13/h3-4,7H,1-2,5-6H2. The number of pyridine rings is 1. The van der Waals surface area contributed by atoms with Gasteiger partial charge in [-0.05, 0) is 40.9 Å². The molecule has 2 heterocycles. The van der Waals surface area contributed by atoms with Crippen molar-refractivity contribution in [2.24, 2.45) is 0 Å². The van der Waals surface area contributed by atoms with Gasteiger partial charge in [0.25, 0.3) is 0 Å². The highest BCUT2D eigenvalue weighted by molar-refractivity contribution is 9.10. The summed E-state index contributed by atoms with van der Waals surface area (Å²) < 4.78 is 13.2. The number of halogens is 1. The van der Waals surface area contributed by atoms with Crippen molar-refractivity contribution in [2.45, 2.75) is 12.8 Å². The molecule has 1 aromatic heterocycles. The molecule has 1 aliphatic heterocycles. The first kappa shape index (κ1) is 9.42. The van der Waals surface area contributed by atoms with Gasteiger partial charge in [0.15, 0.2) is 0 Å². The minimum atomic E-state index is -2.07. The van der Waals surface area contributed by atoms with Crippen molar-refractivity contribution in [3.8, 4) is 0 Å². The van der Waals surface area contributed by atoms with Crippen LogP contribution in [-0.2, 0) is 4.57 Å². The van der Waals surface area contributed by atoms with E-state index in [1.54, 1.807) is 6.20 Å². The molecular weight excluding hydrogens is 249 g/mol. The molecule has 0 aliphatic carbocycles. The summed E-state index contributed by atoms with van der Waals surface area (Å²) in [6.45, 7) is 0. The summed E-state index contributed by atoms with van der Waals surface area (Å²) in [5.41, 5.74) is 0.813. The van der Waals surface area contributed by atoms with Gasteiger partial charge in [-0.1, -0.05) is 0 Å². The van der Waals surface area contributed by atoms with Crippen LogP contribution in [0.1, 0.15) is 12.8 Å². The molecule has 13 heavy (non-hydrogen) atoms. The van der Waals surface area contributed by atoms with Gasteiger partial charge in [-0.3, -0.25) is 4.98 Å². The highest BCUT2D eigenvalue weighted by Crippen LogP contribution is 2.50. The van der Waals surface area contributed by atoms with E-state index in [1.807, 2.05) is 12.1 Å². The van der Waals surface area contributed by atoms with Crippen LogP contribution in [0.25, 0.3) is 0 Å². The van der Waals surface area contributed by atoms with E-state index in [0.29, 0.717) is 0 Å². The summed E-state index contributed by atoms with van der Waals surface area (Å²) in [7, 11) is -2.07. The van der Waals surface area contributed by atoms with Crippen molar-refractivity contribution in [1.82, 2.24) is 4.98 Å². The van der Waals surface area contributed by atoms with E-state index in [2.05, 4.69) is 20.9 Å². The molecule has 1 saturated heterocycles. The zero-order valence-electron chi connectivity index (χ0n) is 7.24. The molecule has 4 heteroatoms. The number of nitrogens with zero attached hydrogens (tertiary/aromatic N) is 1. The van der Waals surface area contributed by atoms with Gasteiger partial charge < -0.3 is 4.57 Å². The van der Waals surface area contributed by atoms with E-state index >= 15 is 0 Å². The lowest BCUT2D eigenvalue weighted by atomic mass is 10.4. The second-order valence-electron chi connectivity index (χ2n) is 3.38. The smallest absolute Gasteiger partial charge is 0.133 e. The SMILES string of the molecule is O=P1(c2ccc(Br)cn2)CCCC1. The Bertz CT molecular complexity index is 339. The Kier molecular flexibility index (Phi) is 2.57. The third kappa shape index (κ3) is 1.87. The zero-order chi connectivity index (χ0) is 9.31. The summed E-state index contributed by atoms with van der Waals surface area (Å²) in [5, 5.41) is 0. The average molecular weight is 260 g/mol. The van der Waals surface area contributed by atoms with E-state index in [1.165, 1.54) is 0 Å². The largest absolute Gasteiger partial charge is 0.317 e. The molecule has 0 radical (unpaired) electrons. The Balaban J connectivity index is 2.35. The summed E-state index contributed by atoms with van der Waals surface area (Å²) in [6, 6.07) is 3.80. The monoisotopic (exact) mass is 259 g/mol. The van der Waals surface area contributed by atoms with Crippen LogP contribution in [-0.4, -0.2) is 17.3 Å². The molecule has 0 bridgehead atoms. The molecule has 1 fully saturated rings. The molecule has 0 saturated carbocycles. The van der Waals surface area contributed by atoms with Gasteiger partial charge in [0, 0.05) is 23.0 Å². The third-order valence-electron chi connectivity index (χ3n) is 2.42. The molecule has 70 valence electrons. The first-order valence-corrected chi connectivity index (χ1v) is 7.28. The van der Waals surface area contributed by atoms with Crippen molar-refractivity contribution < 1.29 is 4.57 Å². The lowest BCUT2D eigenvalue weighted by Crippen LogP contribution is -2.09. The van der Waals surface area contributed by atoms with Crippen LogP contribution >= 0.6 is 23.1 Å². The van der Waals surface area contributed by atoms with Gasteiger partial charge in [0.2, 0.25) is 0 Å². The lowest BCUT2D eigenvalue weighted by molar-refractivity contribution is 0.584. The Morgan fingerprint density at radius 1 is 1.31 bits per heavy atom. The fraction of sp³-hybridized carbons (Fsp3) is 0.444. The maximum Gasteiger partial charge on any atom is 0.133 e. The molecule has 1 aliphatic rings. The highest BCUT2D eigenvalue weighted by atomic mass is 79.9. The second-order valence-corrected chi connectivity index (χ2v) is 7.43. The van der Waals surface area contributed by atoms with Crippen molar-refractivity contribution in [2.75, 3.05) is 12.3 Å². The Labute approximate surface area is 86.3 Å². The predicted molar refractivity (Wildman–Crippen MR) is 58.1 cm³/mol. The van der Waals surface area contributed by atoms with Crippen LogP contribution in [0, 0.1) is 0 Å². The van der Waals surface area contributed by atoms with Gasteiger partial charge in [-0.2, -0.15) is 0 Å². The van der Waals surface area contributed by atoms with Crippen molar-refractivity contribution in [3.05, 3.63) is 22.8 Å².